The molecule has 0 aromatic carbocycles. The van der Waals surface area contributed by atoms with Crippen LogP contribution >= 0.6 is 0 Å². The van der Waals surface area contributed by atoms with E-state index in [1.807, 2.05) is 6.07 Å². The second-order valence-electron chi connectivity index (χ2n) is 6.34. The summed E-state index contributed by atoms with van der Waals surface area (Å²) in [7, 11) is 2.92. The van der Waals surface area contributed by atoms with Crippen LogP contribution in [0.1, 0.15) is 25.8 Å². The molecular formula is C16H25N5O3. The number of ether oxygens (including phenoxy) is 1. The van der Waals surface area contributed by atoms with Crippen molar-refractivity contribution in [2.24, 2.45) is 14.1 Å². The van der Waals surface area contributed by atoms with E-state index in [4.69, 9.17) is 4.74 Å². The van der Waals surface area contributed by atoms with E-state index in [0.717, 1.165) is 30.6 Å². The first-order chi connectivity index (χ1) is 11.3. The monoisotopic (exact) mass is 335 g/mol. The number of rotatable bonds is 5. The van der Waals surface area contributed by atoms with Gasteiger partial charge in [0.2, 0.25) is 0 Å². The standard InChI is InChI=1S/C16H25N5O3/c1-11-9-21(10-12(2)24-11)7-5-6-18-14-13(8-17)15(22)20(4)16(23)19(14)3/h11-12,18H,5-7,9-10H2,1-4H3/t11-,12-/m0/s1. The van der Waals surface area contributed by atoms with Gasteiger partial charge in [-0.2, -0.15) is 5.26 Å². The van der Waals surface area contributed by atoms with E-state index in [9.17, 15) is 14.9 Å². The lowest BCUT2D eigenvalue weighted by molar-refractivity contribution is -0.0678. The maximum absolute atomic E-state index is 12.0. The van der Waals surface area contributed by atoms with Gasteiger partial charge in [-0.1, -0.05) is 0 Å². The van der Waals surface area contributed by atoms with E-state index in [2.05, 4.69) is 24.1 Å². The normalized spacial score (nSPS) is 21.5. The van der Waals surface area contributed by atoms with Crippen LogP contribution < -0.4 is 16.6 Å². The summed E-state index contributed by atoms with van der Waals surface area (Å²) >= 11 is 0. The van der Waals surface area contributed by atoms with E-state index in [1.54, 1.807) is 7.05 Å². The highest BCUT2D eigenvalue weighted by Crippen LogP contribution is 2.11. The molecular weight excluding hydrogens is 310 g/mol. The predicted octanol–water partition coefficient (Wildman–Crippen LogP) is -0.133. The Kier molecular flexibility index (Phi) is 5.80. The molecule has 0 spiro atoms. The first-order valence-corrected chi connectivity index (χ1v) is 8.17. The maximum atomic E-state index is 12.0. The summed E-state index contributed by atoms with van der Waals surface area (Å²) in [5, 5.41) is 12.3. The van der Waals surface area contributed by atoms with Crippen LogP contribution in [0, 0.1) is 11.3 Å². The van der Waals surface area contributed by atoms with Crippen molar-refractivity contribution in [2.75, 3.05) is 31.5 Å². The maximum Gasteiger partial charge on any atom is 0.332 e. The van der Waals surface area contributed by atoms with E-state index in [0.29, 0.717) is 6.54 Å². The third kappa shape index (κ3) is 3.86. The van der Waals surface area contributed by atoms with Gasteiger partial charge in [-0.15, -0.1) is 0 Å². The van der Waals surface area contributed by atoms with Crippen molar-refractivity contribution < 1.29 is 4.74 Å². The molecule has 132 valence electrons. The van der Waals surface area contributed by atoms with Gasteiger partial charge in [0.1, 0.15) is 11.9 Å². The zero-order valence-corrected chi connectivity index (χ0v) is 14.7. The minimum atomic E-state index is -0.570. The number of morpholine rings is 1. The van der Waals surface area contributed by atoms with Gasteiger partial charge in [0.25, 0.3) is 5.56 Å². The van der Waals surface area contributed by atoms with Gasteiger partial charge in [-0.3, -0.25) is 18.8 Å². The molecule has 0 unspecified atom stereocenters. The first kappa shape index (κ1) is 18.2. The highest BCUT2D eigenvalue weighted by molar-refractivity contribution is 5.51. The molecule has 2 rings (SSSR count). The first-order valence-electron chi connectivity index (χ1n) is 8.17. The fraction of sp³-hybridized carbons (Fsp3) is 0.688. The molecule has 0 saturated carbocycles. The van der Waals surface area contributed by atoms with Crippen molar-refractivity contribution in [2.45, 2.75) is 32.5 Å². The average Bonchev–Trinajstić information content (AvgIpc) is 2.53. The number of aromatic nitrogens is 2. The van der Waals surface area contributed by atoms with Crippen molar-refractivity contribution in [3.05, 3.63) is 26.4 Å². The Morgan fingerprint density at radius 2 is 1.83 bits per heavy atom. The van der Waals surface area contributed by atoms with Gasteiger partial charge in [-0.25, -0.2) is 4.79 Å². The van der Waals surface area contributed by atoms with E-state index in [-0.39, 0.29) is 23.6 Å². The number of nitrogens with zero attached hydrogens (tertiary/aromatic N) is 4. The lowest BCUT2D eigenvalue weighted by Gasteiger charge is -2.35. The molecule has 8 nitrogen and oxygen atoms in total. The molecule has 2 atom stereocenters. The third-order valence-corrected chi connectivity index (χ3v) is 4.22. The van der Waals surface area contributed by atoms with Gasteiger partial charge in [0.05, 0.1) is 12.2 Å². The fourth-order valence-corrected chi connectivity index (χ4v) is 3.13. The highest BCUT2D eigenvalue weighted by atomic mass is 16.5. The molecule has 0 amide bonds. The Bertz CT molecular complexity index is 736. The van der Waals surface area contributed by atoms with Gasteiger partial charge in [0.15, 0.2) is 5.56 Å². The molecule has 8 heteroatoms. The zero-order valence-electron chi connectivity index (χ0n) is 14.7. The summed E-state index contributed by atoms with van der Waals surface area (Å²) in [5.41, 5.74) is -1.05. The second-order valence-corrected chi connectivity index (χ2v) is 6.34. The Morgan fingerprint density at radius 3 is 2.42 bits per heavy atom. The number of nitrogens with one attached hydrogen (secondary N) is 1. The van der Waals surface area contributed by atoms with Crippen LogP contribution in [0.2, 0.25) is 0 Å². The summed E-state index contributed by atoms with van der Waals surface area (Å²) in [5.74, 6) is 0.286. The lowest BCUT2D eigenvalue weighted by atomic mass is 10.2. The lowest BCUT2D eigenvalue weighted by Crippen LogP contribution is -2.46. The number of hydrogen-bond acceptors (Lipinski definition) is 6. The van der Waals surface area contributed by atoms with Crippen LogP contribution in [0.15, 0.2) is 9.59 Å². The quantitative estimate of drug-likeness (QED) is 0.754. The van der Waals surface area contributed by atoms with Crippen LogP contribution in [0.3, 0.4) is 0 Å². The Balaban J connectivity index is 1.99. The molecule has 2 heterocycles. The van der Waals surface area contributed by atoms with Crippen molar-refractivity contribution in [1.82, 2.24) is 14.0 Å². The Hall–Kier alpha value is -2.11. The molecule has 1 fully saturated rings. The Morgan fingerprint density at radius 1 is 1.21 bits per heavy atom. The molecule has 1 aromatic rings. The predicted molar refractivity (Wildman–Crippen MR) is 91.2 cm³/mol. The summed E-state index contributed by atoms with van der Waals surface area (Å²) in [4.78, 5) is 26.3. The molecule has 1 aliphatic rings. The van der Waals surface area contributed by atoms with Crippen LogP contribution in [-0.4, -0.2) is 52.4 Å². The zero-order chi connectivity index (χ0) is 17.9. The molecule has 1 saturated heterocycles. The van der Waals surface area contributed by atoms with E-state index in [1.165, 1.54) is 11.6 Å². The molecule has 24 heavy (non-hydrogen) atoms. The summed E-state index contributed by atoms with van der Waals surface area (Å²) in [6, 6.07) is 1.89. The number of nitriles is 1. The largest absolute Gasteiger partial charge is 0.373 e. The fourth-order valence-electron chi connectivity index (χ4n) is 3.13. The van der Waals surface area contributed by atoms with Gasteiger partial charge in [0, 0.05) is 40.3 Å². The smallest absolute Gasteiger partial charge is 0.332 e. The van der Waals surface area contributed by atoms with Crippen molar-refractivity contribution in [1.29, 1.82) is 5.26 Å². The SMILES string of the molecule is C[C@H]1CN(CCCNc2c(C#N)c(=O)n(C)c(=O)n2C)C[C@H](C)O1. The van der Waals surface area contributed by atoms with Crippen molar-refractivity contribution in [3.8, 4) is 6.07 Å². The summed E-state index contributed by atoms with van der Waals surface area (Å²) in [6.07, 6.45) is 1.29. The Labute approximate surface area is 141 Å². The van der Waals surface area contributed by atoms with Crippen LogP contribution in [0.5, 0.6) is 0 Å². The van der Waals surface area contributed by atoms with Crippen molar-refractivity contribution >= 4 is 5.82 Å². The molecule has 0 radical (unpaired) electrons. The third-order valence-electron chi connectivity index (χ3n) is 4.22. The van der Waals surface area contributed by atoms with Crippen LogP contribution in [0.25, 0.3) is 0 Å². The molecule has 1 aliphatic heterocycles. The molecule has 0 aliphatic carbocycles. The second kappa shape index (κ2) is 7.64. The van der Waals surface area contributed by atoms with E-state index >= 15 is 0 Å². The van der Waals surface area contributed by atoms with Crippen LogP contribution in [-0.2, 0) is 18.8 Å². The van der Waals surface area contributed by atoms with Gasteiger partial charge < -0.3 is 10.1 Å². The highest BCUT2D eigenvalue weighted by Gasteiger charge is 2.21. The number of hydrogen-bond donors (Lipinski definition) is 1. The molecule has 0 bridgehead atoms. The topological polar surface area (TPSA) is 92.3 Å². The van der Waals surface area contributed by atoms with Crippen molar-refractivity contribution in [3.63, 3.8) is 0 Å². The van der Waals surface area contributed by atoms with Crippen LogP contribution in [0.4, 0.5) is 5.82 Å². The summed E-state index contributed by atoms with van der Waals surface area (Å²) < 4.78 is 7.96. The molecule has 1 aromatic heterocycles. The minimum Gasteiger partial charge on any atom is -0.373 e. The summed E-state index contributed by atoms with van der Waals surface area (Å²) in [6.45, 7) is 7.41. The van der Waals surface area contributed by atoms with Gasteiger partial charge in [-0.05, 0) is 20.3 Å². The average molecular weight is 335 g/mol. The minimum absolute atomic E-state index is 0.0341. The number of anilines is 1. The molecule has 1 N–H and O–H groups in total. The van der Waals surface area contributed by atoms with E-state index < -0.39 is 11.2 Å². The van der Waals surface area contributed by atoms with Gasteiger partial charge >= 0.3 is 5.69 Å².